The van der Waals surface area contributed by atoms with E-state index in [-0.39, 0.29) is 12.2 Å². The molecule has 1 aliphatic heterocycles. The summed E-state index contributed by atoms with van der Waals surface area (Å²) < 4.78 is 18.6. The Bertz CT molecular complexity index is 1680. The fraction of sp³-hybridized carbons (Fsp3) is 0.300. The molecule has 2 atom stereocenters. The molecule has 7 rings (SSSR count). The predicted molar refractivity (Wildman–Crippen MR) is 186 cm³/mol. The summed E-state index contributed by atoms with van der Waals surface area (Å²) >= 11 is -3.04. The van der Waals surface area contributed by atoms with Gasteiger partial charge in [-0.2, -0.15) is 0 Å². The molecule has 4 heteroatoms. The number of allylic oxidation sites excluding steroid dienone is 2. The van der Waals surface area contributed by atoms with E-state index >= 15 is 0 Å². The standard InChI is InChI=1S/C38H38O2Si.2CH3.Hf/c1-25(2)39-31-17-13-27(14-18-31)35-11-7-9-29-21-33(23-37(29)35)41(5,6)34-22-30-10-8-12-36(38(30)24-34)28-15-19-32(20-16-28)40-26(3)4;;;/h7-26H,1-6H3;2*1H3;. The van der Waals surface area contributed by atoms with Crippen molar-refractivity contribution >= 4 is 20.2 Å². The zero-order valence-corrected chi connectivity index (χ0v) is 32.0. The first-order valence-corrected chi connectivity index (χ1v) is 30.5. The minimum atomic E-state index is -3.04. The molecule has 4 aromatic carbocycles. The zero-order chi connectivity index (χ0) is 31.0. The van der Waals surface area contributed by atoms with E-state index in [1.165, 1.54) is 33.4 Å². The van der Waals surface area contributed by atoms with Crippen molar-refractivity contribution in [1.29, 1.82) is 0 Å². The molecule has 0 saturated carbocycles. The van der Waals surface area contributed by atoms with Gasteiger partial charge < -0.3 is 0 Å². The van der Waals surface area contributed by atoms with Gasteiger partial charge in [0.25, 0.3) is 0 Å². The number of benzene rings is 4. The summed E-state index contributed by atoms with van der Waals surface area (Å²) in [5, 5.41) is 3.55. The van der Waals surface area contributed by atoms with E-state index < -0.39 is 28.0 Å². The molecule has 0 aromatic heterocycles. The molecule has 4 aromatic rings. The molecule has 0 spiro atoms. The van der Waals surface area contributed by atoms with Crippen LogP contribution in [0.2, 0.25) is 22.5 Å². The second kappa shape index (κ2) is 10.8. The van der Waals surface area contributed by atoms with Crippen molar-refractivity contribution in [1.82, 2.24) is 0 Å². The molecule has 1 heterocycles. The summed E-state index contributed by atoms with van der Waals surface area (Å²) in [5.74, 6) is 1.88. The number of rotatable bonds is 6. The number of fused-ring (bicyclic) bond motifs is 6. The van der Waals surface area contributed by atoms with E-state index in [0.717, 1.165) is 11.5 Å². The van der Waals surface area contributed by atoms with Gasteiger partial charge in [0.15, 0.2) is 0 Å². The Kier molecular flexibility index (Phi) is 7.33. The van der Waals surface area contributed by atoms with Gasteiger partial charge in [0.2, 0.25) is 0 Å². The van der Waals surface area contributed by atoms with Crippen LogP contribution in [0.3, 0.4) is 0 Å². The average Bonchev–Trinajstić information content (AvgIpc) is 3.59. The van der Waals surface area contributed by atoms with Crippen molar-refractivity contribution in [2.75, 3.05) is 0 Å². The van der Waals surface area contributed by atoms with Gasteiger partial charge >= 0.3 is 271 Å². The van der Waals surface area contributed by atoms with E-state index in [4.69, 9.17) is 9.47 Å². The summed E-state index contributed by atoms with van der Waals surface area (Å²) in [5.41, 5.74) is 11.4. The van der Waals surface area contributed by atoms with E-state index in [9.17, 15) is 0 Å². The van der Waals surface area contributed by atoms with Crippen LogP contribution < -0.4 is 9.47 Å². The molecule has 1 saturated heterocycles. The third-order valence-corrected chi connectivity index (χ3v) is 31.1. The number of hydrogen-bond acceptors (Lipinski definition) is 2. The van der Waals surface area contributed by atoms with Gasteiger partial charge in [-0.05, 0) is 0 Å². The van der Waals surface area contributed by atoms with E-state index in [2.05, 4.69) is 147 Å². The van der Waals surface area contributed by atoms with Crippen LogP contribution in [0.15, 0.2) is 95.3 Å². The molecule has 224 valence electrons. The fourth-order valence-corrected chi connectivity index (χ4v) is 40.4. The maximum atomic E-state index is 5.95. The van der Waals surface area contributed by atoms with Crippen LogP contribution in [-0.4, -0.2) is 20.3 Å². The SMILES string of the molecule is CC(C)Oc1ccc(-c2cccc3c2C=C2[CH]3[Hf]([CH3])([CH3])[CH]3C(=Cc4c(-c5ccc(OC(C)C)cc5)cccc43)[Si]2(C)C)cc1. The van der Waals surface area contributed by atoms with Gasteiger partial charge in [-0.1, -0.05) is 0 Å². The van der Waals surface area contributed by atoms with Crippen LogP contribution in [0.25, 0.3) is 34.4 Å². The average molecular weight is 763 g/mol. The van der Waals surface area contributed by atoms with Crippen LogP contribution in [0.1, 0.15) is 57.3 Å². The molecule has 0 N–H and O–H groups in total. The summed E-state index contributed by atoms with van der Waals surface area (Å²) in [6.07, 6.45) is 5.65. The molecule has 1 fully saturated rings. The minimum absolute atomic E-state index is 0.178. The van der Waals surface area contributed by atoms with Crippen molar-refractivity contribution < 1.29 is 29.4 Å². The van der Waals surface area contributed by atoms with Crippen molar-refractivity contribution in [3.8, 4) is 33.8 Å². The second-order valence-electron chi connectivity index (χ2n) is 14.5. The van der Waals surface area contributed by atoms with Gasteiger partial charge in [-0.15, -0.1) is 0 Å². The van der Waals surface area contributed by atoms with Crippen LogP contribution >= 0.6 is 0 Å². The topological polar surface area (TPSA) is 18.5 Å². The van der Waals surface area contributed by atoms with Crippen molar-refractivity contribution in [3.63, 3.8) is 0 Å². The Hall–Kier alpha value is -2.95. The normalized spacial score (nSPS) is 20.4. The summed E-state index contributed by atoms with van der Waals surface area (Å²) in [6.45, 7) is 13.6. The van der Waals surface area contributed by atoms with Crippen molar-refractivity contribution in [3.05, 3.63) is 118 Å². The van der Waals surface area contributed by atoms with Crippen LogP contribution in [0, 0.1) is 0 Å². The first kappa shape index (κ1) is 29.7. The van der Waals surface area contributed by atoms with Crippen LogP contribution in [0.5, 0.6) is 11.5 Å². The number of ether oxygens (including phenoxy) is 2. The Labute approximate surface area is 269 Å². The van der Waals surface area contributed by atoms with Crippen molar-refractivity contribution in [2.45, 2.75) is 69.7 Å². The quantitative estimate of drug-likeness (QED) is 0.182. The Morgan fingerprint density at radius 1 is 0.568 bits per heavy atom. The third-order valence-electron chi connectivity index (χ3n) is 10.1. The molecule has 3 aliphatic rings. The molecular formula is C40H44HfO2Si. The van der Waals surface area contributed by atoms with E-state index in [1.54, 1.807) is 21.5 Å². The molecule has 44 heavy (non-hydrogen) atoms. The molecule has 0 radical (unpaired) electrons. The van der Waals surface area contributed by atoms with Gasteiger partial charge in [-0.3, -0.25) is 0 Å². The summed E-state index contributed by atoms with van der Waals surface area (Å²) in [4.78, 5) is 0. The molecule has 2 nitrogen and oxygen atoms in total. The molecule has 2 unspecified atom stereocenters. The first-order chi connectivity index (χ1) is 21.0. The zero-order valence-electron chi connectivity index (χ0n) is 27.4. The van der Waals surface area contributed by atoms with E-state index in [0.29, 0.717) is 7.35 Å². The van der Waals surface area contributed by atoms with Gasteiger partial charge in [0.05, 0.1) is 0 Å². The maximum absolute atomic E-state index is 5.95. The van der Waals surface area contributed by atoms with Gasteiger partial charge in [0.1, 0.15) is 0 Å². The molecular weight excluding hydrogens is 719 g/mol. The molecule has 0 bridgehead atoms. The monoisotopic (exact) mass is 764 g/mol. The van der Waals surface area contributed by atoms with Gasteiger partial charge in [-0.25, -0.2) is 0 Å². The Balaban J connectivity index is 1.31. The first-order valence-electron chi connectivity index (χ1n) is 16.2. The van der Waals surface area contributed by atoms with Crippen LogP contribution in [-0.2, 0) is 20.0 Å². The summed E-state index contributed by atoms with van der Waals surface area (Å²) in [7, 11) is -1.90. The van der Waals surface area contributed by atoms with Crippen LogP contribution in [0.4, 0.5) is 0 Å². The third kappa shape index (κ3) is 4.75. The molecule has 0 amide bonds. The van der Waals surface area contributed by atoms with E-state index in [1.807, 2.05) is 0 Å². The summed E-state index contributed by atoms with van der Waals surface area (Å²) in [6, 6.07) is 31.6. The molecule has 2 aliphatic carbocycles. The van der Waals surface area contributed by atoms with Gasteiger partial charge in [0, 0.05) is 0 Å². The van der Waals surface area contributed by atoms with Crippen molar-refractivity contribution in [2.24, 2.45) is 0 Å². The fourth-order valence-electron chi connectivity index (χ4n) is 8.30. The Morgan fingerprint density at radius 3 is 1.32 bits per heavy atom. The second-order valence-corrected chi connectivity index (χ2v) is 36.2. The Morgan fingerprint density at radius 2 is 0.955 bits per heavy atom. The predicted octanol–water partition coefficient (Wildman–Crippen LogP) is 11.2. The number of hydrogen-bond donors (Lipinski definition) is 0.